The third-order valence-corrected chi connectivity index (χ3v) is 5.15. The average Bonchev–Trinajstić information content (AvgIpc) is 2.75. The fourth-order valence-corrected chi connectivity index (χ4v) is 3.57. The second-order valence-electron chi connectivity index (χ2n) is 7.81. The number of amides is 1. The van der Waals surface area contributed by atoms with Crippen LogP contribution in [-0.2, 0) is 30.9 Å². The molecule has 7 heteroatoms. The Labute approximate surface area is 186 Å². The van der Waals surface area contributed by atoms with Crippen LogP contribution < -0.4 is 10.9 Å². The Morgan fingerprint density at radius 2 is 1.90 bits per heavy atom. The van der Waals surface area contributed by atoms with Gasteiger partial charge in [0.1, 0.15) is 0 Å². The first-order chi connectivity index (χ1) is 14.9. The van der Waals surface area contributed by atoms with Crippen molar-refractivity contribution in [3.8, 4) is 11.1 Å². The highest BCUT2D eigenvalue weighted by molar-refractivity contribution is 6.30. The van der Waals surface area contributed by atoms with E-state index in [1.165, 1.54) is 4.68 Å². The number of rotatable bonds is 8. The highest BCUT2D eigenvalue weighted by atomic mass is 35.5. The maximum absolute atomic E-state index is 13.1. The topological polar surface area (TPSA) is 84.2 Å². The Kier molecular flexibility index (Phi) is 7.60. The van der Waals surface area contributed by atoms with Gasteiger partial charge < -0.3 is 10.4 Å². The Bertz CT molecular complexity index is 1110. The van der Waals surface area contributed by atoms with Crippen molar-refractivity contribution in [2.75, 3.05) is 0 Å². The number of hydrogen-bond acceptors (Lipinski definition) is 4. The summed E-state index contributed by atoms with van der Waals surface area (Å²) in [5.41, 5.74) is 3.07. The van der Waals surface area contributed by atoms with Gasteiger partial charge in [0.2, 0.25) is 5.91 Å². The molecule has 0 saturated heterocycles. The third kappa shape index (κ3) is 5.81. The van der Waals surface area contributed by atoms with E-state index >= 15 is 0 Å². The number of aliphatic hydroxyl groups is 1. The van der Waals surface area contributed by atoms with Crippen LogP contribution in [0.15, 0.2) is 59.5 Å². The molecule has 0 atom stereocenters. The zero-order valence-corrected chi connectivity index (χ0v) is 18.4. The smallest absolute Gasteiger partial charge is 0.271 e. The summed E-state index contributed by atoms with van der Waals surface area (Å²) in [5.74, 6) is -0.0466. The van der Waals surface area contributed by atoms with Crippen molar-refractivity contribution in [3.63, 3.8) is 0 Å². The second kappa shape index (κ2) is 10.4. The third-order valence-electron chi connectivity index (χ3n) is 4.92. The first-order valence-corrected chi connectivity index (χ1v) is 10.6. The molecule has 31 heavy (non-hydrogen) atoms. The van der Waals surface area contributed by atoms with Crippen LogP contribution in [0.1, 0.15) is 30.5 Å². The molecule has 162 valence electrons. The lowest BCUT2D eigenvalue weighted by Gasteiger charge is -2.14. The Hall–Kier alpha value is -2.96. The van der Waals surface area contributed by atoms with Gasteiger partial charge in [-0.05, 0) is 34.7 Å². The summed E-state index contributed by atoms with van der Waals surface area (Å²) in [6, 6.07) is 14.6. The number of carbonyl (C=O) groups is 1. The van der Waals surface area contributed by atoms with Gasteiger partial charge in [0.25, 0.3) is 5.56 Å². The fraction of sp³-hybridized carbons (Fsp3) is 0.292. The molecule has 1 heterocycles. The number of halogens is 1. The molecule has 0 aliphatic carbocycles. The predicted octanol–water partition coefficient (Wildman–Crippen LogP) is 3.57. The van der Waals surface area contributed by atoms with Gasteiger partial charge in [0, 0.05) is 29.2 Å². The molecule has 0 bridgehead atoms. The van der Waals surface area contributed by atoms with Crippen LogP contribution in [0.2, 0.25) is 5.02 Å². The van der Waals surface area contributed by atoms with Crippen LogP contribution in [0.25, 0.3) is 11.1 Å². The van der Waals surface area contributed by atoms with Crippen LogP contribution in [0, 0.1) is 5.92 Å². The van der Waals surface area contributed by atoms with Gasteiger partial charge in [-0.25, -0.2) is 4.68 Å². The van der Waals surface area contributed by atoms with Crippen molar-refractivity contribution in [3.05, 3.63) is 86.8 Å². The number of aliphatic hydroxyl groups excluding tert-OH is 1. The van der Waals surface area contributed by atoms with Crippen molar-refractivity contribution in [2.45, 2.75) is 40.0 Å². The molecule has 3 aromatic rings. The molecule has 1 aromatic heterocycles. The van der Waals surface area contributed by atoms with E-state index in [9.17, 15) is 14.7 Å². The fourth-order valence-electron chi connectivity index (χ4n) is 3.37. The zero-order chi connectivity index (χ0) is 22.4. The molecule has 0 spiro atoms. The van der Waals surface area contributed by atoms with Crippen molar-refractivity contribution >= 4 is 17.5 Å². The average molecular weight is 440 g/mol. The van der Waals surface area contributed by atoms with Gasteiger partial charge in [0.15, 0.2) is 0 Å². The van der Waals surface area contributed by atoms with E-state index in [0.717, 1.165) is 11.1 Å². The maximum atomic E-state index is 13.1. The van der Waals surface area contributed by atoms with Gasteiger partial charge in [0.05, 0.1) is 19.2 Å². The summed E-state index contributed by atoms with van der Waals surface area (Å²) in [5, 5.41) is 17.2. The van der Waals surface area contributed by atoms with Gasteiger partial charge in [-0.2, -0.15) is 5.10 Å². The summed E-state index contributed by atoms with van der Waals surface area (Å²) >= 11 is 6.04. The molecule has 2 N–H and O–H groups in total. The summed E-state index contributed by atoms with van der Waals surface area (Å²) in [7, 11) is 0. The van der Waals surface area contributed by atoms with Crippen molar-refractivity contribution < 1.29 is 9.90 Å². The molecule has 0 aliphatic heterocycles. The predicted molar refractivity (Wildman–Crippen MR) is 122 cm³/mol. The van der Waals surface area contributed by atoms with Crippen LogP contribution >= 0.6 is 11.6 Å². The normalized spacial score (nSPS) is 11.0. The molecule has 0 aliphatic rings. The van der Waals surface area contributed by atoms with Crippen LogP contribution in [0.4, 0.5) is 0 Å². The minimum atomic E-state index is -0.291. The zero-order valence-electron chi connectivity index (χ0n) is 17.6. The van der Waals surface area contributed by atoms with E-state index in [0.29, 0.717) is 28.3 Å². The number of nitrogens with zero attached hydrogens (tertiary/aromatic N) is 2. The van der Waals surface area contributed by atoms with E-state index in [1.807, 2.05) is 44.2 Å². The quantitative estimate of drug-likeness (QED) is 0.562. The number of carbonyl (C=O) groups excluding carboxylic acids is 1. The monoisotopic (exact) mass is 439 g/mol. The summed E-state index contributed by atoms with van der Waals surface area (Å²) in [4.78, 5) is 25.9. The van der Waals surface area contributed by atoms with Gasteiger partial charge in [-0.3, -0.25) is 9.59 Å². The van der Waals surface area contributed by atoms with Crippen molar-refractivity contribution in [1.82, 2.24) is 15.1 Å². The first kappa shape index (κ1) is 22.7. The Balaban J connectivity index is 1.87. The van der Waals surface area contributed by atoms with Crippen LogP contribution in [0.5, 0.6) is 0 Å². The molecular formula is C24H26ClN3O3. The molecule has 6 nitrogen and oxygen atoms in total. The number of aromatic nitrogens is 2. The van der Waals surface area contributed by atoms with E-state index < -0.39 is 0 Å². The largest absolute Gasteiger partial charge is 0.392 e. The molecule has 0 saturated carbocycles. The van der Waals surface area contributed by atoms with Crippen LogP contribution in [-0.4, -0.2) is 20.8 Å². The van der Waals surface area contributed by atoms with Gasteiger partial charge >= 0.3 is 0 Å². The standard InChI is InChI=1S/C24H26ClN3O3/c1-16(2)14-28-24(31)21(22(13-27-28)17-6-4-3-5-7-17)11-23(30)26-12-19-10-20(25)9-8-18(19)15-29/h3-10,13,16,29H,11-12,14-15H2,1-2H3,(H,26,30). The van der Waals surface area contributed by atoms with E-state index in [1.54, 1.807) is 24.4 Å². The number of hydrogen-bond donors (Lipinski definition) is 2. The molecule has 0 unspecified atom stereocenters. The lowest BCUT2D eigenvalue weighted by molar-refractivity contribution is -0.120. The van der Waals surface area contributed by atoms with Crippen molar-refractivity contribution in [1.29, 1.82) is 0 Å². The first-order valence-electron chi connectivity index (χ1n) is 10.2. The van der Waals surface area contributed by atoms with E-state index in [-0.39, 0.29) is 37.0 Å². The lowest BCUT2D eigenvalue weighted by atomic mass is 10.0. The summed E-state index contributed by atoms with van der Waals surface area (Å²) in [6.07, 6.45) is 1.58. The molecular weight excluding hydrogens is 414 g/mol. The molecule has 2 aromatic carbocycles. The maximum Gasteiger partial charge on any atom is 0.271 e. The minimum Gasteiger partial charge on any atom is -0.392 e. The molecule has 3 rings (SSSR count). The lowest BCUT2D eigenvalue weighted by Crippen LogP contribution is -2.33. The summed E-state index contributed by atoms with van der Waals surface area (Å²) in [6.45, 7) is 4.56. The van der Waals surface area contributed by atoms with Crippen LogP contribution in [0.3, 0.4) is 0 Å². The molecule has 1 amide bonds. The summed E-state index contributed by atoms with van der Waals surface area (Å²) < 4.78 is 1.42. The highest BCUT2D eigenvalue weighted by Gasteiger charge is 2.17. The molecule has 0 radical (unpaired) electrons. The van der Waals surface area contributed by atoms with E-state index in [4.69, 9.17) is 11.6 Å². The highest BCUT2D eigenvalue weighted by Crippen LogP contribution is 2.21. The number of nitrogens with one attached hydrogen (secondary N) is 1. The van der Waals surface area contributed by atoms with Gasteiger partial charge in [-0.15, -0.1) is 0 Å². The Morgan fingerprint density at radius 1 is 1.16 bits per heavy atom. The van der Waals surface area contributed by atoms with Gasteiger partial charge in [-0.1, -0.05) is 61.8 Å². The SMILES string of the molecule is CC(C)Cn1ncc(-c2ccccc2)c(CC(=O)NCc2cc(Cl)ccc2CO)c1=O. The molecule has 0 fully saturated rings. The minimum absolute atomic E-state index is 0.0707. The van der Waals surface area contributed by atoms with E-state index in [2.05, 4.69) is 10.4 Å². The number of benzene rings is 2. The Morgan fingerprint density at radius 3 is 2.58 bits per heavy atom. The second-order valence-corrected chi connectivity index (χ2v) is 8.25. The van der Waals surface area contributed by atoms with Crippen molar-refractivity contribution in [2.24, 2.45) is 5.92 Å².